The first-order valence-corrected chi connectivity index (χ1v) is 9.33. The fourth-order valence-corrected chi connectivity index (χ4v) is 4.45. The number of carbonyl (C=O) groups is 2. The Balaban J connectivity index is 1.94. The topological polar surface area (TPSA) is 40.6 Å². The number of likely N-dealkylation sites (tertiary alicyclic amines) is 1. The molecule has 0 unspecified atom stereocenters. The molecule has 0 aromatic carbocycles. The first-order chi connectivity index (χ1) is 10.9. The number of nitrogens with zero attached hydrogens (tertiary/aromatic N) is 2. The van der Waals surface area contributed by atoms with E-state index in [4.69, 9.17) is 0 Å². The largest absolute Gasteiger partial charge is 0.309 e. The Kier molecular flexibility index (Phi) is 5.88. The molecule has 0 N–H and O–H groups in total. The predicted octanol–water partition coefficient (Wildman–Crippen LogP) is 3.45. The second kappa shape index (κ2) is 7.33. The lowest BCUT2D eigenvalue weighted by Crippen LogP contribution is -2.50. The first-order valence-electron chi connectivity index (χ1n) is 9.33. The van der Waals surface area contributed by atoms with Gasteiger partial charge in [0.1, 0.15) is 0 Å². The quantitative estimate of drug-likeness (QED) is 0.703. The number of amides is 2. The summed E-state index contributed by atoms with van der Waals surface area (Å²) in [6.07, 6.45) is 8.95. The Bertz CT molecular complexity index is 411. The summed E-state index contributed by atoms with van der Waals surface area (Å²) in [6, 6.07) is 0. The minimum atomic E-state index is -0.0277. The van der Waals surface area contributed by atoms with Gasteiger partial charge in [0.2, 0.25) is 11.8 Å². The molecule has 1 aliphatic heterocycles. The molecule has 2 aliphatic rings. The molecular weight excluding hydrogens is 288 g/mol. The number of piperidine rings is 1. The van der Waals surface area contributed by atoms with Gasteiger partial charge in [-0.05, 0) is 63.6 Å². The van der Waals surface area contributed by atoms with Gasteiger partial charge in [-0.25, -0.2) is 0 Å². The Morgan fingerprint density at radius 2 is 1.48 bits per heavy atom. The summed E-state index contributed by atoms with van der Waals surface area (Å²) in [4.78, 5) is 28.7. The van der Waals surface area contributed by atoms with Gasteiger partial charge < -0.3 is 4.90 Å². The maximum atomic E-state index is 12.5. The van der Waals surface area contributed by atoms with Crippen LogP contribution in [0.4, 0.5) is 0 Å². The molecule has 0 atom stereocenters. The van der Waals surface area contributed by atoms with E-state index in [2.05, 4.69) is 18.7 Å². The van der Waals surface area contributed by atoms with Crippen molar-refractivity contribution in [1.29, 1.82) is 0 Å². The van der Waals surface area contributed by atoms with Crippen LogP contribution < -0.4 is 0 Å². The van der Waals surface area contributed by atoms with Crippen LogP contribution in [0.5, 0.6) is 0 Å². The third-order valence-corrected chi connectivity index (χ3v) is 6.51. The fraction of sp³-hybridized carbons (Fsp3) is 0.895. The van der Waals surface area contributed by atoms with Gasteiger partial charge in [0, 0.05) is 19.4 Å². The molecule has 23 heavy (non-hydrogen) atoms. The molecule has 1 spiro atoms. The minimum Gasteiger partial charge on any atom is -0.309 e. The second-order valence-electron chi connectivity index (χ2n) is 8.16. The molecule has 2 rings (SSSR count). The molecule has 2 amide bonds. The molecule has 1 heterocycles. The van der Waals surface area contributed by atoms with Crippen molar-refractivity contribution in [1.82, 2.24) is 9.80 Å². The third kappa shape index (κ3) is 4.14. The SMILES string of the molecule is CCC1(CC)CCC2(CC1)CC(=O)N(CCCN(C)C)C(=O)C2. The van der Waals surface area contributed by atoms with Gasteiger partial charge in [0.25, 0.3) is 0 Å². The monoisotopic (exact) mass is 322 g/mol. The fourth-order valence-electron chi connectivity index (χ4n) is 4.45. The second-order valence-corrected chi connectivity index (χ2v) is 8.16. The van der Waals surface area contributed by atoms with Crippen LogP contribution in [0.1, 0.15) is 71.6 Å². The van der Waals surface area contributed by atoms with Gasteiger partial charge in [0.05, 0.1) is 0 Å². The van der Waals surface area contributed by atoms with E-state index in [1.807, 2.05) is 14.1 Å². The van der Waals surface area contributed by atoms with Gasteiger partial charge in [-0.3, -0.25) is 14.5 Å². The number of rotatable bonds is 6. The third-order valence-electron chi connectivity index (χ3n) is 6.51. The summed E-state index contributed by atoms with van der Waals surface area (Å²) in [6.45, 7) is 6.06. The van der Waals surface area contributed by atoms with Crippen molar-refractivity contribution in [3.8, 4) is 0 Å². The van der Waals surface area contributed by atoms with Crippen molar-refractivity contribution in [2.75, 3.05) is 27.2 Å². The van der Waals surface area contributed by atoms with Crippen molar-refractivity contribution in [3.05, 3.63) is 0 Å². The highest BCUT2D eigenvalue weighted by atomic mass is 16.2. The summed E-state index contributed by atoms with van der Waals surface area (Å²) in [7, 11) is 4.04. The number of hydrogen-bond acceptors (Lipinski definition) is 3. The first kappa shape index (κ1) is 18.4. The van der Waals surface area contributed by atoms with E-state index in [0.717, 1.165) is 25.8 Å². The Morgan fingerprint density at radius 1 is 0.957 bits per heavy atom. The molecule has 0 bridgehead atoms. The molecule has 4 nitrogen and oxygen atoms in total. The molecule has 0 aromatic heterocycles. The van der Waals surface area contributed by atoms with Gasteiger partial charge >= 0.3 is 0 Å². The van der Waals surface area contributed by atoms with Crippen molar-refractivity contribution < 1.29 is 9.59 Å². The molecule has 0 radical (unpaired) electrons. The summed E-state index contributed by atoms with van der Waals surface area (Å²) in [5.74, 6) is 0.140. The molecule has 2 fully saturated rings. The summed E-state index contributed by atoms with van der Waals surface area (Å²) < 4.78 is 0. The zero-order valence-electron chi connectivity index (χ0n) is 15.5. The predicted molar refractivity (Wildman–Crippen MR) is 93.0 cm³/mol. The van der Waals surface area contributed by atoms with Gasteiger partial charge in [-0.1, -0.05) is 26.7 Å². The molecule has 132 valence electrons. The van der Waals surface area contributed by atoms with Gasteiger partial charge in [-0.2, -0.15) is 0 Å². The number of carbonyl (C=O) groups excluding carboxylic acids is 2. The van der Waals surface area contributed by atoms with Gasteiger partial charge in [0.15, 0.2) is 0 Å². The van der Waals surface area contributed by atoms with E-state index < -0.39 is 0 Å². The molecular formula is C19H34N2O2. The molecule has 1 saturated heterocycles. The average molecular weight is 322 g/mol. The van der Waals surface area contributed by atoms with E-state index in [1.165, 1.54) is 30.6 Å². The highest BCUT2D eigenvalue weighted by Gasteiger charge is 2.47. The lowest BCUT2D eigenvalue weighted by Gasteiger charge is -2.48. The van der Waals surface area contributed by atoms with Crippen LogP contribution in [0.25, 0.3) is 0 Å². The average Bonchev–Trinajstić information content (AvgIpc) is 2.51. The van der Waals surface area contributed by atoms with Crippen LogP contribution in [-0.2, 0) is 9.59 Å². The Morgan fingerprint density at radius 3 is 1.91 bits per heavy atom. The van der Waals surface area contributed by atoms with Gasteiger partial charge in [-0.15, -0.1) is 0 Å². The smallest absolute Gasteiger partial charge is 0.229 e. The maximum Gasteiger partial charge on any atom is 0.229 e. The van der Waals surface area contributed by atoms with Crippen LogP contribution in [0.2, 0.25) is 0 Å². The zero-order valence-corrected chi connectivity index (χ0v) is 15.5. The van der Waals surface area contributed by atoms with E-state index in [0.29, 0.717) is 24.8 Å². The Hall–Kier alpha value is -0.900. The number of imide groups is 1. The summed E-state index contributed by atoms with van der Waals surface area (Å²) >= 11 is 0. The molecule has 1 aliphatic carbocycles. The molecule has 0 aromatic rings. The highest BCUT2D eigenvalue weighted by molar-refractivity contribution is 5.98. The minimum absolute atomic E-state index is 0.0277. The van der Waals surface area contributed by atoms with E-state index in [-0.39, 0.29) is 17.2 Å². The van der Waals surface area contributed by atoms with E-state index >= 15 is 0 Å². The van der Waals surface area contributed by atoms with Crippen molar-refractivity contribution >= 4 is 11.8 Å². The van der Waals surface area contributed by atoms with Crippen LogP contribution in [-0.4, -0.2) is 48.8 Å². The maximum absolute atomic E-state index is 12.5. The Labute approximate surface area is 141 Å². The highest BCUT2D eigenvalue weighted by Crippen LogP contribution is 2.53. The standard InChI is InChI=1S/C19H34N2O2/c1-5-18(6-2)8-10-19(11-9-18)14-16(22)21(17(23)15-19)13-7-12-20(3)4/h5-15H2,1-4H3. The summed E-state index contributed by atoms with van der Waals surface area (Å²) in [5.41, 5.74) is 0.431. The zero-order chi connectivity index (χ0) is 17.1. The van der Waals surface area contributed by atoms with Crippen LogP contribution in [0.3, 0.4) is 0 Å². The van der Waals surface area contributed by atoms with Crippen LogP contribution in [0.15, 0.2) is 0 Å². The summed E-state index contributed by atoms with van der Waals surface area (Å²) in [5, 5.41) is 0. The van der Waals surface area contributed by atoms with Crippen molar-refractivity contribution in [2.45, 2.75) is 71.6 Å². The van der Waals surface area contributed by atoms with E-state index in [9.17, 15) is 9.59 Å². The molecule has 1 saturated carbocycles. The molecule has 4 heteroatoms. The van der Waals surface area contributed by atoms with Crippen molar-refractivity contribution in [2.24, 2.45) is 10.8 Å². The van der Waals surface area contributed by atoms with E-state index in [1.54, 1.807) is 0 Å². The lowest BCUT2D eigenvalue weighted by molar-refractivity contribution is -0.155. The normalized spacial score (nSPS) is 23.8. The van der Waals surface area contributed by atoms with Crippen LogP contribution >= 0.6 is 0 Å². The van der Waals surface area contributed by atoms with Crippen molar-refractivity contribution in [3.63, 3.8) is 0 Å². The number of hydrogen-bond donors (Lipinski definition) is 0. The lowest BCUT2D eigenvalue weighted by atomic mass is 9.58. The van der Waals surface area contributed by atoms with Crippen LogP contribution in [0, 0.1) is 10.8 Å².